The van der Waals surface area contributed by atoms with Crippen molar-refractivity contribution in [2.24, 2.45) is 21.9 Å². The number of nitrogens with two attached hydrogens (primary N) is 1. The summed E-state index contributed by atoms with van der Waals surface area (Å²) in [4.78, 5) is 6.06. The van der Waals surface area contributed by atoms with Gasteiger partial charge in [0.1, 0.15) is 36.8 Å². The van der Waals surface area contributed by atoms with Crippen LogP contribution in [0.15, 0.2) is 34.4 Å². The zero-order valence-electron chi connectivity index (χ0n) is 20.8. The van der Waals surface area contributed by atoms with Gasteiger partial charge in [0.2, 0.25) is 0 Å². The molecule has 0 aromatic heterocycles. The van der Waals surface area contributed by atoms with Crippen LogP contribution >= 0.6 is 11.6 Å². The van der Waals surface area contributed by atoms with Crippen molar-refractivity contribution in [2.75, 3.05) is 0 Å². The van der Waals surface area contributed by atoms with Gasteiger partial charge in [0.05, 0.1) is 24.0 Å². The molecule has 6 N–H and O–H groups in total. The summed E-state index contributed by atoms with van der Waals surface area (Å²) in [5.74, 6) is 5.08. The zero-order chi connectivity index (χ0) is 26.2. The summed E-state index contributed by atoms with van der Waals surface area (Å²) in [7, 11) is 0. The van der Waals surface area contributed by atoms with Gasteiger partial charge in [0.25, 0.3) is 0 Å². The molecule has 3 heterocycles. The first-order chi connectivity index (χ1) is 17.9. The number of hydrogen-bond acceptors (Lipinski definition) is 8. The minimum Gasteiger partial charge on any atom is -0.387 e. The molecule has 3 unspecified atom stereocenters. The van der Waals surface area contributed by atoms with Gasteiger partial charge in [-0.05, 0) is 30.5 Å². The third-order valence-electron chi connectivity index (χ3n) is 8.65. The Morgan fingerprint density at radius 3 is 2.32 bits per heavy atom. The Kier molecular flexibility index (Phi) is 8.04. The van der Waals surface area contributed by atoms with E-state index in [0.29, 0.717) is 23.4 Å². The van der Waals surface area contributed by atoms with Gasteiger partial charge < -0.3 is 31.2 Å². The van der Waals surface area contributed by atoms with E-state index < -0.39 is 54.4 Å². The lowest BCUT2D eigenvalue weighted by Crippen LogP contribution is -2.62. The molecule has 3 aliphatic heterocycles. The third kappa shape index (κ3) is 4.77. The first-order valence-corrected chi connectivity index (χ1v) is 13.7. The second-order valence-corrected chi connectivity index (χ2v) is 11.2. The zero-order valence-corrected chi connectivity index (χ0v) is 21.6. The first-order valence-electron chi connectivity index (χ1n) is 13.3. The lowest BCUT2D eigenvalue weighted by Gasteiger charge is -2.46. The molecule has 204 valence electrons. The van der Waals surface area contributed by atoms with Crippen LogP contribution in [0.5, 0.6) is 0 Å². The number of amidine groups is 1. The predicted molar refractivity (Wildman–Crippen MR) is 139 cm³/mol. The number of hydrogen-bond donors (Lipinski definition) is 5. The van der Waals surface area contributed by atoms with Crippen molar-refractivity contribution in [3.8, 4) is 0 Å². The second-order valence-electron chi connectivity index (χ2n) is 10.7. The summed E-state index contributed by atoms with van der Waals surface area (Å²) in [5.41, 5.74) is -0.479. The minimum absolute atomic E-state index is 0.209. The van der Waals surface area contributed by atoms with Gasteiger partial charge in [-0.15, -0.1) is 0 Å². The van der Waals surface area contributed by atoms with Gasteiger partial charge in [-0.25, -0.2) is 14.3 Å². The summed E-state index contributed by atoms with van der Waals surface area (Å²) < 4.78 is 23.0. The number of halogens is 2. The van der Waals surface area contributed by atoms with Crippen LogP contribution in [0.2, 0.25) is 5.02 Å². The van der Waals surface area contributed by atoms with Crippen molar-refractivity contribution in [1.82, 2.24) is 10.2 Å². The molecule has 1 spiro atoms. The lowest BCUT2D eigenvalue weighted by molar-refractivity contribution is -0.160. The molecule has 9 nitrogen and oxygen atoms in total. The molecule has 1 saturated carbocycles. The maximum absolute atomic E-state index is 16.7. The van der Waals surface area contributed by atoms with E-state index in [-0.39, 0.29) is 5.84 Å². The van der Waals surface area contributed by atoms with Crippen molar-refractivity contribution >= 4 is 23.8 Å². The number of aliphatic hydroxyl groups excluding tert-OH is 3. The smallest absolute Gasteiger partial charge is 0.159 e. The van der Waals surface area contributed by atoms with Crippen molar-refractivity contribution in [2.45, 2.75) is 106 Å². The summed E-state index contributed by atoms with van der Waals surface area (Å²) in [6.07, 6.45) is 1.47. The number of likely N-dealkylation sites (tertiary alicyclic amines) is 1. The van der Waals surface area contributed by atoms with Crippen LogP contribution in [0.3, 0.4) is 0 Å². The fourth-order valence-electron chi connectivity index (χ4n) is 6.77. The molecule has 5 rings (SSSR count). The lowest BCUT2D eigenvalue weighted by atomic mass is 9.79. The molecule has 4 aliphatic rings. The Morgan fingerprint density at radius 1 is 1.08 bits per heavy atom. The molecule has 37 heavy (non-hydrogen) atoms. The molecule has 3 fully saturated rings. The molecule has 1 aromatic rings. The molecule has 8 atom stereocenters. The Bertz CT molecular complexity index is 988. The molecule has 1 aliphatic carbocycles. The van der Waals surface area contributed by atoms with Crippen LogP contribution in [0.1, 0.15) is 69.5 Å². The second kappa shape index (κ2) is 11.1. The molecule has 2 saturated heterocycles. The number of rotatable bonds is 3. The van der Waals surface area contributed by atoms with Crippen LogP contribution in [0.25, 0.3) is 0 Å². The standard InChI is InChI=1S/C26H37ClFN5O4/c27-16-10-8-15(9-11-16)18(34)21-19(35)20(36)25(37-21)33-24-17(23(32-29)30-14-31-24)22(28)26(33)12-6-4-2-1-3-5-7-13-26/h8-11,14,17-22,24-25,34-36H,1-7,12-13,29H2,(H,30,31,32)/t17?,18-,19+,20-,21-,22?,24?,25-/m1/s1. The largest absolute Gasteiger partial charge is 0.387 e. The van der Waals surface area contributed by atoms with Crippen LogP contribution in [0.4, 0.5) is 4.39 Å². The fourth-order valence-corrected chi connectivity index (χ4v) is 6.90. The molecule has 0 radical (unpaired) electrons. The number of nitrogens with one attached hydrogen (secondary N) is 1. The van der Waals surface area contributed by atoms with E-state index in [1.807, 2.05) is 4.90 Å². The summed E-state index contributed by atoms with van der Waals surface area (Å²) in [5, 5.41) is 40.8. The average Bonchev–Trinajstić information content (AvgIpc) is 3.33. The SMILES string of the molecule is N/N=C1/N=CNC2C1C(F)C1(CCCCCCCCC1)N2[C@@H]1O[C@H]([C@H](O)c2ccc(Cl)cc2)[C@@H](O)[C@H]1O. The quantitative estimate of drug-likeness (QED) is 0.295. The predicted octanol–water partition coefficient (Wildman–Crippen LogP) is 2.58. The number of hydrazone groups is 1. The molecular weight excluding hydrogens is 501 g/mol. The topological polar surface area (TPSA) is 136 Å². The van der Waals surface area contributed by atoms with E-state index in [0.717, 1.165) is 38.5 Å². The van der Waals surface area contributed by atoms with Crippen LogP contribution < -0.4 is 11.2 Å². The van der Waals surface area contributed by atoms with Crippen molar-refractivity contribution in [3.63, 3.8) is 0 Å². The van der Waals surface area contributed by atoms with E-state index >= 15 is 4.39 Å². The summed E-state index contributed by atoms with van der Waals surface area (Å²) in [6, 6.07) is 6.58. The summed E-state index contributed by atoms with van der Waals surface area (Å²) in [6.45, 7) is 0. The van der Waals surface area contributed by atoms with Crippen LogP contribution in [-0.4, -0.2) is 74.8 Å². The Labute approximate surface area is 221 Å². The molecular formula is C26H37ClFN5O4. The van der Waals surface area contributed by atoms with Crippen molar-refractivity contribution in [1.29, 1.82) is 0 Å². The Balaban J connectivity index is 1.51. The normalized spacial score (nSPS) is 38.4. The monoisotopic (exact) mass is 537 g/mol. The molecule has 1 aromatic carbocycles. The molecule has 11 heteroatoms. The van der Waals surface area contributed by atoms with Crippen LogP contribution in [0, 0.1) is 5.92 Å². The minimum atomic E-state index is -1.38. The van der Waals surface area contributed by atoms with E-state index in [4.69, 9.17) is 22.2 Å². The highest BCUT2D eigenvalue weighted by Crippen LogP contribution is 2.51. The number of fused-ring (bicyclic) bond motifs is 1. The third-order valence-corrected chi connectivity index (χ3v) is 8.90. The van der Waals surface area contributed by atoms with Gasteiger partial charge in [-0.2, -0.15) is 5.10 Å². The Hall–Kier alpha value is -1.82. The summed E-state index contributed by atoms with van der Waals surface area (Å²) >= 11 is 5.99. The highest BCUT2D eigenvalue weighted by atomic mass is 35.5. The van der Waals surface area contributed by atoms with E-state index in [1.54, 1.807) is 24.3 Å². The van der Waals surface area contributed by atoms with E-state index in [1.165, 1.54) is 12.8 Å². The van der Waals surface area contributed by atoms with Gasteiger partial charge in [-0.1, -0.05) is 68.7 Å². The van der Waals surface area contributed by atoms with Crippen LogP contribution in [-0.2, 0) is 4.74 Å². The fraction of sp³-hybridized carbons (Fsp3) is 0.692. The molecule has 0 amide bonds. The van der Waals surface area contributed by atoms with E-state index in [2.05, 4.69) is 15.4 Å². The van der Waals surface area contributed by atoms with E-state index in [9.17, 15) is 15.3 Å². The number of alkyl halides is 1. The van der Waals surface area contributed by atoms with Gasteiger partial charge in [-0.3, -0.25) is 0 Å². The van der Waals surface area contributed by atoms with Gasteiger partial charge in [0, 0.05) is 5.02 Å². The highest BCUT2D eigenvalue weighted by Gasteiger charge is 2.66. The number of aliphatic hydroxyl groups is 3. The number of aliphatic imine (C=N–C) groups is 1. The average molecular weight is 538 g/mol. The number of ether oxygens (including phenoxy) is 1. The van der Waals surface area contributed by atoms with Gasteiger partial charge in [0.15, 0.2) is 5.84 Å². The van der Waals surface area contributed by atoms with Crippen molar-refractivity contribution < 1.29 is 24.4 Å². The molecule has 0 bridgehead atoms. The number of benzene rings is 1. The maximum Gasteiger partial charge on any atom is 0.159 e. The number of nitrogens with zero attached hydrogens (tertiary/aromatic N) is 3. The maximum atomic E-state index is 16.7. The van der Waals surface area contributed by atoms with Crippen molar-refractivity contribution in [3.05, 3.63) is 34.9 Å². The van der Waals surface area contributed by atoms with Gasteiger partial charge >= 0.3 is 0 Å². The first kappa shape index (κ1) is 26.8. The Morgan fingerprint density at radius 2 is 1.70 bits per heavy atom. The highest BCUT2D eigenvalue weighted by molar-refractivity contribution is 6.30.